The zero-order chi connectivity index (χ0) is 34.8. The van der Waals surface area contributed by atoms with E-state index in [1.54, 1.807) is 60.7 Å². The summed E-state index contributed by atoms with van der Waals surface area (Å²) in [5.41, 5.74) is 1.82. The van der Waals surface area contributed by atoms with Gasteiger partial charge in [-0.25, -0.2) is 8.42 Å². The van der Waals surface area contributed by atoms with Gasteiger partial charge in [-0.1, -0.05) is 97.1 Å². The number of para-hydroxylation sites is 1. The van der Waals surface area contributed by atoms with Crippen LogP contribution in [-0.4, -0.2) is 50.4 Å². The summed E-state index contributed by atoms with van der Waals surface area (Å²) < 4.78 is 35.1. The fraction of sp³-hybridized carbons (Fsp3) is 0.316. The molecule has 2 amide bonds. The van der Waals surface area contributed by atoms with Crippen LogP contribution in [0.15, 0.2) is 108 Å². The minimum absolute atomic E-state index is 0.000448. The van der Waals surface area contributed by atoms with Crippen LogP contribution in [0.5, 0.6) is 5.75 Å². The SMILES string of the molecule is CCOc1ccc(S(=O)(=O)N(CC(=O)N(Cc2ccc(Cl)c(Cl)c2)[C@H](Cc2ccccc2)C(=O)NC2CCCCC2)c2ccccc2)cc1. The van der Waals surface area contributed by atoms with E-state index in [0.29, 0.717) is 33.7 Å². The molecule has 11 heteroatoms. The van der Waals surface area contributed by atoms with E-state index >= 15 is 0 Å². The number of nitrogens with one attached hydrogen (secondary N) is 1. The average Bonchev–Trinajstić information content (AvgIpc) is 3.11. The molecular formula is C38H41Cl2N3O5S. The van der Waals surface area contributed by atoms with Crippen LogP contribution in [-0.2, 0) is 32.6 Å². The van der Waals surface area contributed by atoms with Gasteiger partial charge in [0.05, 0.1) is 27.2 Å². The van der Waals surface area contributed by atoms with Crippen molar-refractivity contribution < 1.29 is 22.7 Å². The summed E-state index contributed by atoms with van der Waals surface area (Å²) >= 11 is 12.6. The first-order chi connectivity index (χ1) is 23.7. The summed E-state index contributed by atoms with van der Waals surface area (Å²) in [4.78, 5) is 30.4. The lowest BCUT2D eigenvalue weighted by atomic mass is 9.94. The molecule has 1 N–H and O–H groups in total. The number of benzene rings is 4. The van der Waals surface area contributed by atoms with Crippen molar-refractivity contribution in [1.29, 1.82) is 0 Å². The van der Waals surface area contributed by atoms with Gasteiger partial charge in [0.15, 0.2) is 0 Å². The Hall–Kier alpha value is -4.05. The number of sulfonamides is 1. The first-order valence-corrected chi connectivity index (χ1v) is 18.7. The molecule has 1 aliphatic carbocycles. The van der Waals surface area contributed by atoms with Gasteiger partial charge >= 0.3 is 0 Å². The molecule has 1 atom stereocenters. The Kier molecular flexibility index (Phi) is 12.6. The second kappa shape index (κ2) is 17.1. The van der Waals surface area contributed by atoms with Crippen LogP contribution in [0.4, 0.5) is 5.69 Å². The molecule has 5 rings (SSSR count). The van der Waals surface area contributed by atoms with Gasteiger partial charge in [0.1, 0.15) is 18.3 Å². The van der Waals surface area contributed by atoms with Crippen LogP contribution in [0.2, 0.25) is 10.0 Å². The summed E-state index contributed by atoms with van der Waals surface area (Å²) in [5.74, 6) is -0.307. The predicted molar refractivity (Wildman–Crippen MR) is 195 cm³/mol. The molecule has 1 saturated carbocycles. The topological polar surface area (TPSA) is 96.0 Å². The number of carbonyl (C=O) groups is 2. The lowest BCUT2D eigenvalue weighted by Gasteiger charge is -2.35. The Labute approximate surface area is 299 Å². The summed E-state index contributed by atoms with van der Waals surface area (Å²) in [6, 6.07) is 28.2. The number of hydrogen-bond acceptors (Lipinski definition) is 5. The zero-order valence-corrected chi connectivity index (χ0v) is 29.8. The van der Waals surface area contributed by atoms with Crippen LogP contribution >= 0.6 is 23.2 Å². The monoisotopic (exact) mass is 721 g/mol. The smallest absolute Gasteiger partial charge is 0.264 e. The predicted octanol–water partition coefficient (Wildman–Crippen LogP) is 7.68. The van der Waals surface area contributed by atoms with Gasteiger partial charge in [-0.05, 0) is 79.4 Å². The third-order valence-electron chi connectivity index (χ3n) is 8.61. The van der Waals surface area contributed by atoms with E-state index in [1.165, 1.54) is 17.0 Å². The van der Waals surface area contributed by atoms with Crippen LogP contribution in [0, 0.1) is 0 Å². The van der Waals surface area contributed by atoms with Gasteiger partial charge in [0, 0.05) is 19.0 Å². The molecule has 0 aromatic heterocycles. The van der Waals surface area contributed by atoms with Crippen molar-refractivity contribution in [2.24, 2.45) is 0 Å². The lowest BCUT2D eigenvalue weighted by Crippen LogP contribution is -2.55. The molecule has 0 bridgehead atoms. The highest BCUT2D eigenvalue weighted by Crippen LogP contribution is 2.28. The molecule has 0 aliphatic heterocycles. The normalized spacial score (nSPS) is 14.1. The first-order valence-electron chi connectivity index (χ1n) is 16.5. The van der Waals surface area contributed by atoms with Crippen LogP contribution in [0.3, 0.4) is 0 Å². The van der Waals surface area contributed by atoms with Crippen LogP contribution < -0.4 is 14.4 Å². The summed E-state index contributed by atoms with van der Waals surface area (Å²) in [6.45, 7) is 1.72. The van der Waals surface area contributed by atoms with Gasteiger partial charge in [-0.2, -0.15) is 0 Å². The van der Waals surface area contributed by atoms with Gasteiger partial charge in [0.25, 0.3) is 10.0 Å². The highest BCUT2D eigenvalue weighted by Gasteiger charge is 2.35. The molecule has 1 fully saturated rings. The van der Waals surface area contributed by atoms with Gasteiger partial charge in [-0.15, -0.1) is 0 Å². The number of halogens is 2. The van der Waals surface area contributed by atoms with E-state index < -0.39 is 28.5 Å². The molecule has 0 saturated heterocycles. The zero-order valence-electron chi connectivity index (χ0n) is 27.4. The van der Waals surface area contributed by atoms with Crippen molar-refractivity contribution in [1.82, 2.24) is 10.2 Å². The number of amides is 2. The van der Waals surface area contributed by atoms with Crippen molar-refractivity contribution >= 4 is 50.7 Å². The minimum Gasteiger partial charge on any atom is -0.494 e. The van der Waals surface area contributed by atoms with Crippen molar-refractivity contribution in [2.75, 3.05) is 17.5 Å². The second-order valence-corrected chi connectivity index (χ2v) is 14.7. The molecule has 8 nitrogen and oxygen atoms in total. The van der Waals surface area contributed by atoms with Crippen molar-refractivity contribution in [3.05, 3.63) is 124 Å². The number of ether oxygens (including phenoxy) is 1. The second-order valence-electron chi connectivity index (χ2n) is 12.1. The van der Waals surface area contributed by atoms with Crippen molar-refractivity contribution in [3.63, 3.8) is 0 Å². The van der Waals surface area contributed by atoms with E-state index in [2.05, 4.69) is 5.32 Å². The molecular weight excluding hydrogens is 681 g/mol. The van der Waals surface area contributed by atoms with Crippen molar-refractivity contribution in [2.45, 2.75) is 69.0 Å². The molecule has 258 valence electrons. The van der Waals surface area contributed by atoms with Crippen molar-refractivity contribution in [3.8, 4) is 5.75 Å². The standard InChI is InChI=1S/C38H41Cl2N3O5S/c1-2-48-32-19-21-33(22-20-32)49(46,47)43(31-16-10-5-11-17-31)27-37(44)42(26-29-18-23-34(39)35(40)24-29)36(25-28-12-6-3-7-13-28)38(45)41-30-14-8-4-9-15-30/h3,5-7,10-13,16-24,30,36H,2,4,8-9,14-15,25-27H2,1H3,(H,41,45)/t36-/m1/s1. The summed E-state index contributed by atoms with van der Waals surface area (Å²) in [5, 5.41) is 3.88. The fourth-order valence-electron chi connectivity index (χ4n) is 6.06. The van der Waals surface area contributed by atoms with Gasteiger partial charge in [0.2, 0.25) is 11.8 Å². The highest BCUT2D eigenvalue weighted by atomic mass is 35.5. The van der Waals surface area contributed by atoms with Crippen LogP contribution in [0.1, 0.15) is 50.2 Å². The Morgan fingerprint density at radius 1 is 0.837 bits per heavy atom. The van der Waals surface area contributed by atoms with Gasteiger partial charge < -0.3 is 15.0 Å². The molecule has 0 spiro atoms. The molecule has 0 unspecified atom stereocenters. The maximum Gasteiger partial charge on any atom is 0.264 e. The molecule has 4 aromatic rings. The number of rotatable bonds is 14. The quantitative estimate of drug-likeness (QED) is 0.144. The third kappa shape index (κ3) is 9.56. The van der Waals surface area contributed by atoms with Gasteiger partial charge in [-0.3, -0.25) is 13.9 Å². The Morgan fingerprint density at radius 2 is 1.49 bits per heavy atom. The number of nitrogens with zero attached hydrogens (tertiary/aromatic N) is 2. The summed E-state index contributed by atoms with van der Waals surface area (Å²) in [7, 11) is -4.24. The van der Waals surface area contributed by atoms with E-state index in [4.69, 9.17) is 27.9 Å². The lowest BCUT2D eigenvalue weighted by molar-refractivity contribution is -0.140. The third-order valence-corrected chi connectivity index (χ3v) is 11.1. The van der Waals surface area contributed by atoms with E-state index in [9.17, 15) is 18.0 Å². The molecule has 1 aliphatic rings. The fourth-order valence-corrected chi connectivity index (χ4v) is 7.79. The number of hydrogen-bond donors (Lipinski definition) is 1. The minimum atomic E-state index is -4.24. The summed E-state index contributed by atoms with van der Waals surface area (Å²) in [6.07, 6.45) is 5.13. The highest BCUT2D eigenvalue weighted by molar-refractivity contribution is 7.92. The Bertz CT molecular complexity index is 1800. The first kappa shape index (κ1) is 36.2. The average molecular weight is 723 g/mol. The molecule has 49 heavy (non-hydrogen) atoms. The number of carbonyl (C=O) groups excluding carboxylic acids is 2. The molecule has 0 radical (unpaired) electrons. The molecule has 0 heterocycles. The van der Waals surface area contributed by atoms with E-state index in [0.717, 1.165) is 42.0 Å². The number of anilines is 1. The Balaban J connectivity index is 1.55. The Morgan fingerprint density at radius 3 is 2.12 bits per heavy atom. The largest absolute Gasteiger partial charge is 0.494 e. The van der Waals surface area contributed by atoms with Crippen LogP contribution in [0.25, 0.3) is 0 Å². The maximum absolute atomic E-state index is 14.7. The van der Waals surface area contributed by atoms with E-state index in [1.807, 2.05) is 37.3 Å². The maximum atomic E-state index is 14.7. The van der Waals surface area contributed by atoms with E-state index in [-0.39, 0.29) is 29.8 Å². The molecule has 4 aromatic carbocycles.